The smallest absolute Gasteiger partial charge is 0.309 e. The van der Waals surface area contributed by atoms with Gasteiger partial charge < -0.3 is 9.64 Å². The summed E-state index contributed by atoms with van der Waals surface area (Å²) in [5.74, 6) is -0.172. The minimum absolute atomic E-state index is 0.0535. The number of anilines is 1. The van der Waals surface area contributed by atoms with Crippen molar-refractivity contribution >= 4 is 11.7 Å². The number of aryl methyl sites for hydroxylation is 1. The number of methoxy groups -OCH3 is 1. The maximum atomic E-state index is 11.5. The Morgan fingerprint density at radius 1 is 1.24 bits per heavy atom. The second-order valence-electron chi connectivity index (χ2n) is 5.93. The van der Waals surface area contributed by atoms with Gasteiger partial charge in [0.1, 0.15) is 0 Å². The zero-order valence-electron chi connectivity index (χ0n) is 13.6. The van der Waals surface area contributed by atoms with Crippen molar-refractivity contribution in [2.75, 3.05) is 44.7 Å². The van der Waals surface area contributed by atoms with Crippen molar-refractivity contribution in [3.63, 3.8) is 0 Å². The molecule has 1 aliphatic heterocycles. The maximum Gasteiger partial charge on any atom is 0.309 e. The first-order valence-electron chi connectivity index (χ1n) is 7.64. The third-order valence-corrected chi connectivity index (χ3v) is 4.42. The van der Waals surface area contributed by atoms with Crippen molar-refractivity contribution in [2.24, 2.45) is 5.92 Å². The van der Waals surface area contributed by atoms with Crippen LogP contribution < -0.4 is 4.90 Å². The lowest BCUT2D eigenvalue weighted by Gasteiger charge is -2.37. The number of hydrogen-bond acceptors (Lipinski definition) is 4. The molecular formula is C17H26N2O2. The van der Waals surface area contributed by atoms with Crippen molar-refractivity contribution in [3.05, 3.63) is 29.3 Å². The molecule has 0 N–H and O–H groups in total. The van der Waals surface area contributed by atoms with E-state index in [-0.39, 0.29) is 11.9 Å². The van der Waals surface area contributed by atoms with Crippen LogP contribution in [0.15, 0.2) is 18.2 Å². The number of carbonyl (C=O) groups is 1. The number of ether oxygens (including phenoxy) is 1. The first kappa shape index (κ1) is 15.8. The number of piperazine rings is 1. The maximum absolute atomic E-state index is 11.5. The number of benzene rings is 1. The molecule has 4 heteroatoms. The van der Waals surface area contributed by atoms with E-state index in [1.165, 1.54) is 23.9 Å². The highest BCUT2D eigenvalue weighted by Crippen LogP contribution is 2.24. The minimum Gasteiger partial charge on any atom is -0.469 e. The van der Waals surface area contributed by atoms with Crippen molar-refractivity contribution < 1.29 is 9.53 Å². The van der Waals surface area contributed by atoms with Crippen LogP contribution in [0, 0.1) is 19.8 Å². The molecule has 116 valence electrons. The Hall–Kier alpha value is -1.55. The van der Waals surface area contributed by atoms with Crippen LogP contribution in [0.4, 0.5) is 5.69 Å². The normalized spacial score (nSPS) is 17.6. The van der Waals surface area contributed by atoms with Gasteiger partial charge >= 0.3 is 5.97 Å². The summed E-state index contributed by atoms with van der Waals surface area (Å²) in [5, 5.41) is 0. The van der Waals surface area contributed by atoms with E-state index in [4.69, 9.17) is 4.74 Å². The molecule has 2 rings (SSSR count). The average Bonchev–Trinajstić information content (AvgIpc) is 2.50. The van der Waals surface area contributed by atoms with Gasteiger partial charge in [-0.3, -0.25) is 9.69 Å². The van der Waals surface area contributed by atoms with Crippen LogP contribution in [-0.2, 0) is 9.53 Å². The number of nitrogens with zero attached hydrogens (tertiary/aromatic N) is 2. The molecule has 1 saturated heterocycles. The standard InChI is InChI=1S/C17H26N2O2/c1-13-6-5-7-16(15(13)3)19-10-8-18(9-11-19)12-14(2)17(20)21-4/h5-7,14H,8-12H2,1-4H3. The van der Waals surface area contributed by atoms with Gasteiger partial charge in [-0.15, -0.1) is 0 Å². The number of esters is 1. The van der Waals surface area contributed by atoms with Gasteiger partial charge in [0.15, 0.2) is 0 Å². The second kappa shape index (κ2) is 6.94. The molecule has 1 atom stereocenters. The Bertz CT molecular complexity index is 494. The minimum atomic E-state index is -0.119. The predicted molar refractivity (Wildman–Crippen MR) is 85.7 cm³/mol. The lowest BCUT2D eigenvalue weighted by Crippen LogP contribution is -2.48. The Morgan fingerprint density at radius 3 is 2.52 bits per heavy atom. The Kier molecular flexibility index (Phi) is 5.23. The molecule has 0 spiro atoms. The zero-order valence-corrected chi connectivity index (χ0v) is 13.6. The fraction of sp³-hybridized carbons (Fsp3) is 0.588. The fourth-order valence-electron chi connectivity index (χ4n) is 2.91. The van der Waals surface area contributed by atoms with Gasteiger partial charge in [0.05, 0.1) is 13.0 Å². The summed E-state index contributed by atoms with van der Waals surface area (Å²) in [6, 6.07) is 6.49. The van der Waals surface area contributed by atoms with Crippen LogP contribution in [0.1, 0.15) is 18.1 Å². The van der Waals surface area contributed by atoms with Crippen LogP contribution in [0.5, 0.6) is 0 Å². The van der Waals surface area contributed by atoms with Gasteiger partial charge in [-0.2, -0.15) is 0 Å². The summed E-state index contributed by atoms with van der Waals surface area (Å²) in [6.07, 6.45) is 0. The van der Waals surface area contributed by atoms with Crippen LogP contribution in [0.2, 0.25) is 0 Å². The van der Waals surface area contributed by atoms with Crippen molar-refractivity contribution in [2.45, 2.75) is 20.8 Å². The highest BCUT2D eigenvalue weighted by molar-refractivity contribution is 5.72. The first-order valence-corrected chi connectivity index (χ1v) is 7.64. The van der Waals surface area contributed by atoms with Gasteiger partial charge in [0.25, 0.3) is 0 Å². The van der Waals surface area contributed by atoms with Gasteiger partial charge in [0, 0.05) is 38.4 Å². The fourth-order valence-corrected chi connectivity index (χ4v) is 2.91. The van der Waals surface area contributed by atoms with Gasteiger partial charge in [-0.25, -0.2) is 0 Å². The number of hydrogen-bond donors (Lipinski definition) is 0. The van der Waals surface area contributed by atoms with Crippen molar-refractivity contribution in [1.82, 2.24) is 4.90 Å². The summed E-state index contributed by atoms with van der Waals surface area (Å²) in [6.45, 7) is 11.1. The molecule has 21 heavy (non-hydrogen) atoms. The molecule has 0 radical (unpaired) electrons. The second-order valence-corrected chi connectivity index (χ2v) is 5.93. The van der Waals surface area contributed by atoms with Gasteiger partial charge in [-0.1, -0.05) is 19.1 Å². The number of carbonyl (C=O) groups excluding carboxylic acids is 1. The third kappa shape index (κ3) is 3.76. The SMILES string of the molecule is COC(=O)C(C)CN1CCN(c2cccc(C)c2C)CC1. The molecule has 0 amide bonds. The highest BCUT2D eigenvalue weighted by Gasteiger charge is 2.22. The molecule has 1 aromatic rings. The van der Waals surface area contributed by atoms with E-state index in [1.807, 2.05) is 6.92 Å². The van der Waals surface area contributed by atoms with Crippen molar-refractivity contribution in [3.8, 4) is 0 Å². The quantitative estimate of drug-likeness (QED) is 0.796. The molecule has 1 aliphatic rings. The summed E-state index contributed by atoms with van der Waals surface area (Å²) in [5.41, 5.74) is 4.05. The third-order valence-electron chi connectivity index (χ3n) is 4.42. The van der Waals surface area contributed by atoms with E-state index in [0.29, 0.717) is 0 Å². The Balaban J connectivity index is 1.91. The Labute approximate surface area is 127 Å². The highest BCUT2D eigenvalue weighted by atomic mass is 16.5. The van der Waals surface area contributed by atoms with E-state index >= 15 is 0 Å². The molecular weight excluding hydrogens is 264 g/mol. The lowest BCUT2D eigenvalue weighted by atomic mass is 10.1. The predicted octanol–water partition coefficient (Wildman–Crippen LogP) is 2.23. The van der Waals surface area contributed by atoms with Gasteiger partial charge in [0.2, 0.25) is 0 Å². The molecule has 1 fully saturated rings. The van der Waals surface area contributed by atoms with E-state index in [2.05, 4.69) is 41.8 Å². The Morgan fingerprint density at radius 2 is 1.90 bits per heavy atom. The van der Waals surface area contributed by atoms with Crippen LogP contribution >= 0.6 is 0 Å². The largest absolute Gasteiger partial charge is 0.469 e. The average molecular weight is 290 g/mol. The molecule has 1 heterocycles. The monoisotopic (exact) mass is 290 g/mol. The molecule has 1 unspecified atom stereocenters. The molecule has 1 aromatic carbocycles. The molecule has 4 nitrogen and oxygen atoms in total. The summed E-state index contributed by atoms with van der Waals surface area (Å²) in [4.78, 5) is 16.3. The summed E-state index contributed by atoms with van der Waals surface area (Å²) < 4.78 is 4.80. The van der Waals surface area contributed by atoms with E-state index in [1.54, 1.807) is 0 Å². The van der Waals surface area contributed by atoms with Crippen LogP contribution in [0.3, 0.4) is 0 Å². The van der Waals surface area contributed by atoms with E-state index in [0.717, 1.165) is 32.7 Å². The molecule has 0 bridgehead atoms. The topological polar surface area (TPSA) is 32.8 Å². The summed E-state index contributed by atoms with van der Waals surface area (Å²) >= 11 is 0. The summed E-state index contributed by atoms with van der Waals surface area (Å²) in [7, 11) is 1.46. The first-order chi connectivity index (χ1) is 10.0. The van der Waals surface area contributed by atoms with Crippen molar-refractivity contribution in [1.29, 1.82) is 0 Å². The number of rotatable bonds is 4. The van der Waals surface area contributed by atoms with Gasteiger partial charge in [-0.05, 0) is 31.0 Å². The lowest BCUT2D eigenvalue weighted by molar-refractivity contribution is -0.145. The molecule has 0 saturated carbocycles. The van der Waals surface area contributed by atoms with E-state index in [9.17, 15) is 4.79 Å². The zero-order chi connectivity index (χ0) is 15.4. The molecule has 0 aliphatic carbocycles. The molecule has 0 aromatic heterocycles. The van der Waals surface area contributed by atoms with Crippen LogP contribution in [0.25, 0.3) is 0 Å². The van der Waals surface area contributed by atoms with Crippen LogP contribution in [-0.4, -0.2) is 50.7 Å². The van der Waals surface area contributed by atoms with E-state index < -0.39 is 0 Å².